The summed E-state index contributed by atoms with van der Waals surface area (Å²) in [4.78, 5) is 15.1. The third-order valence-electron chi connectivity index (χ3n) is 10.1. The number of amides is 1. The van der Waals surface area contributed by atoms with Gasteiger partial charge in [0, 0.05) is 48.9 Å². The van der Waals surface area contributed by atoms with Crippen LogP contribution in [-0.4, -0.2) is 65.8 Å². The monoisotopic (exact) mass is 475 g/mol. The maximum atomic E-state index is 13.2. The molecular weight excluding hydrogens is 440 g/mol. The zero-order valence-electron chi connectivity index (χ0n) is 20.7. The number of aromatic hydroxyl groups is 1. The smallest absolute Gasteiger partial charge is 0.246 e. The summed E-state index contributed by atoms with van der Waals surface area (Å²) in [5, 5.41) is 10.8. The van der Waals surface area contributed by atoms with Crippen molar-refractivity contribution in [2.45, 2.75) is 62.1 Å². The maximum Gasteiger partial charge on any atom is 0.246 e. The van der Waals surface area contributed by atoms with Crippen LogP contribution in [0.2, 0.25) is 0 Å². The molecule has 1 amide bonds. The molecule has 6 heteroatoms. The molecule has 2 aromatic rings. The van der Waals surface area contributed by atoms with Gasteiger partial charge in [-0.3, -0.25) is 4.79 Å². The summed E-state index contributed by atoms with van der Waals surface area (Å²) in [5.41, 5.74) is 3.39. The fraction of sp³-hybridized carbons (Fsp3) is 0.552. The minimum Gasteiger partial charge on any atom is -0.504 e. The number of hydrogen-bond acceptors (Lipinski definition) is 4. The molecule has 2 saturated carbocycles. The van der Waals surface area contributed by atoms with Gasteiger partial charge >= 0.3 is 0 Å². The minimum atomic E-state index is -0.114. The molecule has 7 rings (SSSR count). The highest BCUT2D eigenvalue weighted by Crippen LogP contribution is 2.65. The molecule has 2 bridgehead atoms. The number of phenols is 1. The molecule has 1 aromatic carbocycles. The van der Waals surface area contributed by atoms with E-state index in [4.69, 9.17) is 9.15 Å². The molecule has 6 atom stereocenters. The van der Waals surface area contributed by atoms with Crippen LogP contribution < -0.4 is 4.74 Å². The van der Waals surface area contributed by atoms with Gasteiger partial charge in [-0.1, -0.05) is 6.07 Å². The third kappa shape index (κ3) is 3.01. The zero-order chi connectivity index (χ0) is 23.9. The number of phenolic OH excluding ortho intramolecular Hbond substituents is 1. The minimum absolute atomic E-state index is 0.0208. The molecule has 1 N–H and O–H groups in total. The number of carbonyl (C=O) groups excluding carboxylic acids is 1. The molecule has 3 heterocycles. The molecule has 5 aliphatic rings. The molecule has 1 unspecified atom stereocenters. The Balaban J connectivity index is 1.26. The van der Waals surface area contributed by atoms with E-state index in [0.29, 0.717) is 17.7 Å². The predicted octanol–water partition coefficient (Wildman–Crippen LogP) is 4.12. The summed E-state index contributed by atoms with van der Waals surface area (Å²) < 4.78 is 13.0. The van der Waals surface area contributed by atoms with Crippen LogP contribution in [0.5, 0.6) is 11.5 Å². The number of benzene rings is 1. The van der Waals surface area contributed by atoms with Crippen LogP contribution in [-0.2, 0) is 16.6 Å². The quantitative estimate of drug-likeness (QED) is 0.522. The number of ether oxygens (including phenoxy) is 1. The first-order valence-corrected chi connectivity index (χ1v) is 13.2. The number of likely N-dealkylation sites (N-methyl/N-ethyl adjacent to an activating group) is 2. The van der Waals surface area contributed by atoms with Crippen LogP contribution >= 0.6 is 0 Å². The second-order valence-corrected chi connectivity index (χ2v) is 12.0. The molecule has 1 aromatic heterocycles. The molecule has 1 spiro atoms. The molecular formula is C29H35N2O4+. The van der Waals surface area contributed by atoms with Gasteiger partial charge < -0.3 is 23.6 Å². The van der Waals surface area contributed by atoms with E-state index in [1.807, 2.05) is 24.1 Å². The van der Waals surface area contributed by atoms with Crippen molar-refractivity contribution in [1.82, 2.24) is 4.90 Å². The van der Waals surface area contributed by atoms with Crippen LogP contribution in [0.1, 0.15) is 48.8 Å². The lowest BCUT2D eigenvalue weighted by Gasteiger charge is -2.62. The number of carbonyl (C=O) groups is 1. The predicted molar refractivity (Wildman–Crippen MR) is 132 cm³/mol. The standard InChI is InChI=1S/C29H34N2O4/c1-30(25(33)10-5-19-11-14-34-17-19)22-8-7-21-23-15-20-6-9-24(32)27-26(20)29(21,28(22)35-27)12-13-31(23,2)16-18-3-4-18/h5-6,9-11,14,17-18,21-23,28H,3-4,7-8,12-13,15-16H2,1-2H3/p+1/b10-5+/t21-,22+,23-,28?,29+,31-/m1/s1. The van der Waals surface area contributed by atoms with Gasteiger partial charge in [-0.15, -0.1) is 0 Å². The number of likely N-dealkylation sites (tertiary alicyclic amines) is 1. The number of nitrogens with zero attached hydrogens (tertiary/aromatic N) is 2. The first-order valence-electron chi connectivity index (χ1n) is 13.2. The molecule has 1 saturated heterocycles. The fourth-order valence-corrected chi connectivity index (χ4v) is 8.31. The van der Waals surface area contributed by atoms with Gasteiger partial charge in [0.2, 0.25) is 5.91 Å². The van der Waals surface area contributed by atoms with Crippen molar-refractivity contribution in [2.75, 3.05) is 27.2 Å². The van der Waals surface area contributed by atoms with E-state index in [1.165, 1.54) is 35.0 Å². The first-order chi connectivity index (χ1) is 16.9. The fourth-order valence-electron chi connectivity index (χ4n) is 8.31. The highest BCUT2D eigenvalue weighted by molar-refractivity contribution is 5.91. The molecule has 3 fully saturated rings. The molecule has 2 aliphatic heterocycles. The average Bonchev–Trinajstić information content (AvgIpc) is 3.36. The normalized spacial score (nSPS) is 36.6. The van der Waals surface area contributed by atoms with Crippen LogP contribution in [0.3, 0.4) is 0 Å². The summed E-state index contributed by atoms with van der Waals surface area (Å²) in [6.45, 7) is 2.44. The molecule has 3 aliphatic carbocycles. The Hall–Kier alpha value is -2.73. The Morgan fingerprint density at radius 2 is 2.11 bits per heavy atom. The van der Waals surface area contributed by atoms with E-state index in [9.17, 15) is 9.90 Å². The second kappa shape index (κ2) is 7.39. The lowest BCUT2D eigenvalue weighted by atomic mass is 9.50. The van der Waals surface area contributed by atoms with Crippen LogP contribution in [0.4, 0.5) is 0 Å². The Labute approximate surface area is 206 Å². The van der Waals surface area contributed by atoms with E-state index >= 15 is 0 Å². The van der Waals surface area contributed by atoms with E-state index < -0.39 is 0 Å². The molecule has 35 heavy (non-hydrogen) atoms. The van der Waals surface area contributed by atoms with Crippen molar-refractivity contribution in [2.24, 2.45) is 11.8 Å². The van der Waals surface area contributed by atoms with Gasteiger partial charge in [0.05, 0.1) is 50.2 Å². The lowest BCUT2D eigenvalue weighted by Crippen LogP contribution is -2.73. The van der Waals surface area contributed by atoms with E-state index in [1.54, 1.807) is 24.7 Å². The average molecular weight is 476 g/mol. The number of furan rings is 1. The number of quaternary nitrogens is 1. The van der Waals surface area contributed by atoms with Crippen LogP contribution in [0.15, 0.2) is 41.2 Å². The van der Waals surface area contributed by atoms with Crippen molar-refractivity contribution in [3.63, 3.8) is 0 Å². The van der Waals surface area contributed by atoms with Crippen LogP contribution in [0.25, 0.3) is 6.08 Å². The summed E-state index contributed by atoms with van der Waals surface area (Å²) in [7, 11) is 4.41. The van der Waals surface area contributed by atoms with Crippen molar-refractivity contribution in [3.8, 4) is 11.5 Å². The van der Waals surface area contributed by atoms with Crippen molar-refractivity contribution in [1.29, 1.82) is 0 Å². The molecule has 0 radical (unpaired) electrons. The molecule has 184 valence electrons. The largest absolute Gasteiger partial charge is 0.504 e. The summed E-state index contributed by atoms with van der Waals surface area (Å²) in [6.07, 6.45) is 13.5. The van der Waals surface area contributed by atoms with Gasteiger partial charge in [0.25, 0.3) is 0 Å². The third-order valence-corrected chi connectivity index (χ3v) is 10.1. The number of hydrogen-bond donors (Lipinski definition) is 1. The highest BCUT2D eigenvalue weighted by atomic mass is 16.5. The van der Waals surface area contributed by atoms with E-state index in [2.05, 4.69) is 13.1 Å². The van der Waals surface area contributed by atoms with Gasteiger partial charge in [-0.25, -0.2) is 0 Å². The Bertz CT molecular complexity index is 1200. The maximum absolute atomic E-state index is 13.2. The Morgan fingerprint density at radius 3 is 2.89 bits per heavy atom. The zero-order valence-corrected chi connectivity index (χ0v) is 20.7. The van der Waals surface area contributed by atoms with E-state index in [0.717, 1.165) is 43.7 Å². The van der Waals surface area contributed by atoms with Gasteiger partial charge in [0.15, 0.2) is 11.5 Å². The van der Waals surface area contributed by atoms with Gasteiger partial charge in [-0.2, -0.15) is 0 Å². The highest BCUT2D eigenvalue weighted by Gasteiger charge is 2.69. The summed E-state index contributed by atoms with van der Waals surface area (Å²) in [6, 6.07) is 6.37. The van der Waals surface area contributed by atoms with Crippen molar-refractivity contribution in [3.05, 3.63) is 53.5 Å². The first kappa shape index (κ1) is 21.5. The van der Waals surface area contributed by atoms with Crippen molar-refractivity contribution >= 4 is 12.0 Å². The van der Waals surface area contributed by atoms with Gasteiger partial charge in [-0.05, 0) is 49.5 Å². The lowest BCUT2D eigenvalue weighted by molar-refractivity contribution is -0.946. The summed E-state index contributed by atoms with van der Waals surface area (Å²) in [5.74, 6) is 2.34. The summed E-state index contributed by atoms with van der Waals surface area (Å²) >= 11 is 0. The second-order valence-electron chi connectivity index (χ2n) is 12.0. The Morgan fingerprint density at radius 1 is 1.26 bits per heavy atom. The SMILES string of the molecule is CN(C(=O)/C=C/c1ccoc1)[C@H]1CC[C@@H]2[C@H]3Cc4ccc(O)c5c4[C@@]2(CC[N@+]3(C)CC2CC2)C1O5. The van der Waals surface area contributed by atoms with Crippen LogP contribution in [0, 0.1) is 11.8 Å². The number of piperidine rings is 1. The van der Waals surface area contributed by atoms with Gasteiger partial charge in [0.1, 0.15) is 6.10 Å². The Kier molecular flexibility index (Phi) is 4.55. The number of rotatable bonds is 5. The van der Waals surface area contributed by atoms with Crippen molar-refractivity contribution < 1.29 is 23.5 Å². The molecule has 6 nitrogen and oxygen atoms in total. The van der Waals surface area contributed by atoms with E-state index in [-0.39, 0.29) is 29.2 Å². The topological polar surface area (TPSA) is 62.9 Å².